The number of hydrogen-bond donors (Lipinski definition) is 0. The van der Waals surface area contributed by atoms with Crippen molar-refractivity contribution in [3.05, 3.63) is 34.9 Å². The highest BCUT2D eigenvalue weighted by molar-refractivity contribution is 6.31. The van der Waals surface area contributed by atoms with Gasteiger partial charge in [0.05, 0.1) is 5.92 Å². The van der Waals surface area contributed by atoms with E-state index in [0.29, 0.717) is 30.7 Å². The monoisotopic (exact) mass is 392 g/mol. The van der Waals surface area contributed by atoms with Crippen LogP contribution in [-0.4, -0.2) is 46.5 Å². The van der Waals surface area contributed by atoms with Crippen molar-refractivity contribution < 1.29 is 14.3 Å². The van der Waals surface area contributed by atoms with Gasteiger partial charge in [-0.15, -0.1) is 0 Å². The number of carbonyl (C=O) groups excluding carboxylic acids is 2. The molecule has 0 radical (unpaired) electrons. The summed E-state index contributed by atoms with van der Waals surface area (Å²) >= 11 is 6.30. The summed E-state index contributed by atoms with van der Waals surface area (Å²) in [5.74, 6) is -0.0416. The lowest BCUT2D eigenvalue weighted by molar-refractivity contribution is -0.138. The Morgan fingerprint density at radius 3 is 2.56 bits per heavy atom. The predicted octanol–water partition coefficient (Wildman–Crippen LogP) is 4.48. The third-order valence-electron chi connectivity index (χ3n) is 4.99. The Kier molecular flexibility index (Phi) is 5.99. The smallest absolute Gasteiger partial charge is 0.410 e. The number of ether oxygens (including phenoxy) is 1. The highest BCUT2D eigenvalue weighted by Crippen LogP contribution is 2.32. The summed E-state index contributed by atoms with van der Waals surface area (Å²) < 4.78 is 5.48. The zero-order chi connectivity index (χ0) is 19.6. The molecule has 0 spiro atoms. The van der Waals surface area contributed by atoms with E-state index < -0.39 is 5.60 Å². The molecule has 2 amide bonds. The Morgan fingerprint density at radius 2 is 1.93 bits per heavy atom. The van der Waals surface area contributed by atoms with Gasteiger partial charge in [0.25, 0.3) is 0 Å². The minimum Gasteiger partial charge on any atom is -0.444 e. The molecule has 1 saturated carbocycles. The quantitative estimate of drug-likeness (QED) is 0.759. The van der Waals surface area contributed by atoms with Gasteiger partial charge in [-0.2, -0.15) is 0 Å². The molecule has 27 heavy (non-hydrogen) atoms. The topological polar surface area (TPSA) is 49.9 Å². The van der Waals surface area contributed by atoms with Crippen LogP contribution in [0, 0.1) is 5.92 Å². The molecule has 2 fully saturated rings. The van der Waals surface area contributed by atoms with E-state index in [-0.39, 0.29) is 17.9 Å². The number of carbonyl (C=O) groups is 2. The van der Waals surface area contributed by atoms with Crippen molar-refractivity contribution >= 4 is 23.6 Å². The van der Waals surface area contributed by atoms with Crippen molar-refractivity contribution in [2.75, 3.05) is 13.1 Å². The van der Waals surface area contributed by atoms with Gasteiger partial charge >= 0.3 is 6.09 Å². The molecule has 1 saturated heterocycles. The number of amides is 2. The third kappa shape index (κ3) is 5.38. The van der Waals surface area contributed by atoms with Gasteiger partial charge < -0.3 is 14.5 Å². The Morgan fingerprint density at radius 1 is 1.22 bits per heavy atom. The van der Waals surface area contributed by atoms with Crippen LogP contribution in [0.1, 0.15) is 52.0 Å². The molecule has 5 nitrogen and oxygen atoms in total. The molecular weight excluding hydrogens is 364 g/mol. The van der Waals surface area contributed by atoms with Crippen LogP contribution in [0.4, 0.5) is 4.79 Å². The number of likely N-dealkylation sites (tertiary alicyclic amines) is 1. The van der Waals surface area contributed by atoms with E-state index in [1.165, 1.54) is 0 Å². The average Bonchev–Trinajstić information content (AvgIpc) is 3.44. The van der Waals surface area contributed by atoms with Crippen LogP contribution in [0.25, 0.3) is 0 Å². The number of nitrogens with zero attached hydrogens (tertiary/aromatic N) is 2. The molecule has 1 aliphatic carbocycles. The van der Waals surface area contributed by atoms with Crippen LogP contribution in [0.3, 0.4) is 0 Å². The molecule has 3 rings (SSSR count). The van der Waals surface area contributed by atoms with E-state index in [4.69, 9.17) is 16.3 Å². The highest BCUT2D eigenvalue weighted by atomic mass is 35.5. The van der Waals surface area contributed by atoms with Crippen molar-refractivity contribution in [2.24, 2.45) is 5.92 Å². The summed E-state index contributed by atoms with van der Waals surface area (Å²) in [6.07, 6.45) is 3.38. The lowest BCUT2D eigenvalue weighted by atomic mass is 9.96. The van der Waals surface area contributed by atoms with Crippen molar-refractivity contribution in [1.29, 1.82) is 0 Å². The van der Waals surface area contributed by atoms with Crippen LogP contribution >= 0.6 is 11.6 Å². The van der Waals surface area contributed by atoms with Gasteiger partial charge in [-0.25, -0.2) is 4.79 Å². The number of rotatable bonds is 4. The Bertz CT molecular complexity index is 697. The zero-order valence-corrected chi connectivity index (χ0v) is 17.2. The van der Waals surface area contributed by atoms with Crippen molar-refractivity contribution in [3.8, 4) is 0 Å². The van der Waals surface area contributed by atoms with E-state index in [2.05, 4.69) is 0 Å². The lowest BCUT2D eigenvalue weighted by Crippen LogP contribution is -2.48. The van der Waals surface area contributed by atoms with Gasteiger partial charge in [0.15, 0.2) is 0 Å². The molecule has 0 bridgehead atoms. The second-order valence-electron chi connectivity index (χ2n) is 8.55. The minimum atomic E-state index is -0.530. The molecule has 1 unspecified atom stereocenters. The molecule has 0 N–H and O–H groups in total. The average molecular weight is 393 g/mol. The van der Waals surface area contributed by atoms with Crippen molar-refractivity contribution in [2.45, 2.75) is 64.6 Å². The van der Waals surface area contributed by atoms with E-state index in [1.54, 1.807) is 4.90 Å². The van der Waals surface area contributed by atoms with Crippen molar-refractivity contribution in [1.82, 2.24) is 9.80 Å². The van der Waals surface area contributed by atoms with E-state index >= 15 is 0 Å². The summed E-state index contributed by atoms with van der Waals surface area (Å²) in [4.78, 5) is 29.3. The fourth-order valence-electron chi connectivity index (χ4n) is 3.49. The summed E-state index contributed by atoms with van der Waals surface area (Å²) in [5.41, 5.74) is 0.442. The van der Waals surface area contributed by atoms with Gasteiger partial charge in [-0.05, 0) is 58.1 Å². The largest absolute Gasteiger partial charge is 0.444 e. The molecule has 1 aromatic carbocycles. The molecule has 1 aromatic rings. The summed E-state index contributed by atoms with van der Waals surface area (Å²) in [5, 5.41) is 0.690. The Labute approximate surface area is 166 Å². The highest BCUT2D eigenvalue weighted by Gasteiger charge is 2.38. The second kappa shape index (κ2) is 8.09. The molecule has 1 aliphatic heterocycles. The first-order chi connectivity index (χ1) is 12.7. The van der Waals surface area contributed by atoms with Crippen LogP contribution < -0.4 is 0 Å². The molecule has 2 aliphatic rings. The summed E-state index contributed by atoms with van der Waals surface area (Å²) in [6.45, 7) is 7.18. The van der Waals surface area contributed by atoms with E-state index in [0.717, 1.165) is 31.2 Å². The van der Waals surface area contributed by atoms with Gasteiger partial charge in [0, 0.05) is 30.7 Å². The van der Waals surface area contributed by atoms with Gasteiger partial charge in [0.1, 0.15) is 5.60 Å². The minimum absolute atomic E-state index is 0.130. The maximum absolute atomic E-state index is 13.3. The number of halogens is 1. The van der Waals surface area contributed by atoms with Gasteiger partial charge in [-0.3, -0.25) is 4.79 Å². The number of benzene rings is 1. The lowest BCUT2D eigenvalue weighted by Gasteiger charge is -2.36. The van der Waals surface area contributed by atoms with Gasteiger partial charge in [-0.1, -0.05) is 29.8 Å². The number of piperidine rings is 1. The first kappa shape index (κ1) is 20.0. The number of hydrogen-bond acceptors (Lipinski definition) is 3. The second-order valence-corrected chi connectivity index (χ2v) is 8.96. The maximum atomic E-state index is 13.3. The van der Waals surface area contributed by atoms with Crippen LogP contribution in [0.2, 0.25) is 5.02 Å². The zero-order valence-electron chi connectivity index (χ0n) is 16.4. The maximum Gasteiger partial charge on any atom is 0.410 e. The van der Waals surface area contributed by atoms with Crippen LogP contribution in [-0.2, 0) is 16.1 Å². The summed E-state index contributed by atoms with van der Waals surface area (Å²) in [7, 11) is 0. The third-order valence-corrected chi connectivity index (χ3v) is 5.36. The Hall–Kier alpha value is -1.75. The first-order valence-corrected chi connectivity index (χ1v) is 10.1. The van der Waals surface area contributed by atoms with Crippen LogP contribution in [0.5, 0.6) is 0 Å². The van der Waals surface area contributed by atoms with Crippen LogP contribution in [0.15, 0.2) is 24.3 Å². The summed E-state index contributed by atoms with van der Waals surface area (Å²) in [6, 6.07) is 7.97. The normalized spacial score (nSPS) is 20.3. The molecular formula is C21H29ClN2O3. The van der Waals surface area contributed by atoms with Crippen molar-refractivity contribution in [3.63, 3.8) is 0 Å². The van der Waals surface area contributed by atoms with Gasteiger partial charge in [0.2, 0.25) is 5.91 Å². The molecule has 0 aromatic heterocycles. The van der Waals surface area contributed by atoms with E-state index in [9.17, 15) is 9.59 Å². The molecule has 1 heterocycles. The SMILES string of the molecule is CC(C)(C)OC(=O)N1CCCC(C(=O)N(Cc2ccccc2Cl)C2CC2)C1. The fourth-order valence-corrected chi connectivity index (χ4v) is 3.68. The standard InChI is InChI=1S/C21H29ClN2O3/c1-21(2,3)27-20(26)23-12-6-8-16(13-23)19(25)24(17-10-11-17)14-15-7-4-5-9-18(15)22/h4-5,7,9,16-17H,6,8,10-14H2,1-3H3. The molecule has 1 atom stereocenters. The Balaban J connectivity index is 1.67. The molecule has 6 heteroatoms. The molecule has 148 valence electrons. The first-order valence-electron chi connectivity index (χ1n) is 9.76. The van der Waals surface area contributed by atoms with E-state index in [1.807, 2.05) is 49.9 Å². The predicted molar refractivity (Wildman–Crippen MR) is 106 cm³/mol. The fraction of sp³-hybridized carbons (Fsp3) is 0.619.